The van der Waals surface area contributed by atoms with Crippen molar-refractivity contribution in [3.05, 3.63) is 47.3 Å². The van der Waals surface area contributed by atoms with E-state index in [4.69, 9.17) is 0 Å². The molecule has 6 nitrogen and oxygen atoms in total. The number of nitrogens with one attached hydrogen (secondary N) is 1. The number of nitrogens with zero attached hydrogens (tertiary/aromatic N) is 2. The summed E-state index contributed by atoms with van der Waals surface area (Å²) >= 11 is 0. The number of aromatic hydroxyl groups is 1. The minimum Gasteiger partial charge on any atom is -0.508 e. The van der Waals surface area contributed by atoms with E-state index in [1.807, 2.05) is 20.8 Å². The first-order chi connectivity index (χ1) is 11.2. The van der Waals surface area contributed by atoms with Crippen LogP contribution in [0.15, 0.2) is 30.3 Å². The van der Waals surface area contributed by atoms with Gasteiger partial charge in [0.05, 0.1) is 18.3 Å². The number of phenolic OH excluding ortho intramolecular Hbond substituents is 1. The first kappa shape index (κ1) is 18.0. The number of carbonyl (C=O) groups excluding carboxylic acids is 1. The summed E-state index contributed by atoms with van der Waals surface area (Å²) in [5, 5.41) is 26.1. The van der Waals surface area contributed by atoms with Gasteiger partial charge in [0.25, 0.3) is 5.91 Å². The number of benzene rings is 1. The van der Waals surface area contributed by atoms with Crippen molar-refractivity contribution in [2.75, 3.05) is 6.61 Å². The first-order valence-electron chi connectivity index (χ1n) is 7.95. The highest BCUT2D eigenvalue weighted by molar-refractivity contribution is 5.93. The molecule has 1 amide bonds. The number of aliphatic hydroxyl groups is 1. The lowest BCUT2D eigenvalue weighted by Crippen LogP contribution is -2.39. The third-order valence-corrected chi connectivity index (χ3v) is 3.85. The summed E-state index contributed by atoms with van der Waals surface area (Å²) in [7, 11) is 1.73. The van der Waals surface area contributed by atoms with Gasteiger partial charge in [0.15, 0.2) is 0 Å². The van der Waals surface area contributed by atoms with Gasteiger partial charge in [0.2, 0.25) is 0 Å². The number of rotatable bonds is 5. The van der Waals surface area contributed by atoms with Crippen LogP contribution in [0.4, 0.5) is 0 Å². The topological polar surface area (TPSA) is 87.4 Å². The molecule has 1 aromatic heterocycles. The van der Waals surface area contributed by atoms with E-state index in [9.17, 15) is 15.0 Å². The van der Waals surface area contributed by atoms with Gasteiger partial charge in [-0.05, 0) is 30.2 Å². The van der Waals surface area contributed by atoms with Crippen LogP contribution in [-0.2, 0) is 18.9 Å². The van der Waals surface area contributed by atoms with E-state index in [-0.39, 0.29) is 23.7 Å². The molecular formula is C18H25N3O3. The predicted octanol–water partition coefficient (Wildman–Crippen LogP) is 1.76. The molecule has 0 saturated heterocycles. The summed E-state index contributed by atoms with van der Waals surface area (Å²) in [5.74, 6) is -0.0775. The Kier molecular flexibility index (Phi) is 5.29. The fourth-order valence-electron chi connectivity index (χ4n) is 2.38. The van der Waals surface area contributed by atoms with Crippen molar-refractivity contribution in [1.29, 1.82) is 0 Å². The molecule has 0 saturated carbocycles. The van der Waals surface area contributed by atoms with Crippen LogP contribution in [0.3, 0.4) is 0 Å². The molecule has 130 valence electrons. The molecule has 0 spiro atoms. The predicted molar refractivity (Wildman–Crippen MR) is 92.1 cm³/mol. The maximum atomic E-state index is 12.5. The molecule has 1 heterocycles. The molecule has 2 aromatic rings. The van der Waals surface area contributed by atoms with Gasteiger partial charge in [0, 0.05) is 12.5 Å². The van der Waals surface area contributed by atoms with Gasteiger partial charge in [0.1, 0.15) is 11.4 Å². The largest absolute Gasteiger partial charge is 0.508 e. The van der Waals surface area contributed by atoms with E-state index in [1.165, 1.54) is 0 Å². The third kappa shape index (κ3) is 4.35. The number of carbonyl (C=O) groups is 1. The van der Waals surface area contributed by atoms with Crippen molar-refractivity contribution in [3.63, 3.8) is 0 Å². The molecule has 0 unspecified atom stereocenters. The van der Waals surface area contributed by atoms with Crippen LogP contribution in [0, 0.1) is 0 Å². The van der Waals surface area contributed by atoms with E-state index in [1.54, 1.807) is 42.1 Å². The zero-order chi connectivity index (χ0) is 17.9. The van der Waals surface area contributed by atoms with Crippen LogP contribution in [0.5, 0.6) is 5.75 Å². The second-order valence-corrected chi connectivity index (χ2v) is 7.01. The van der Waals surface area contributed by atoms with Gasteiger partial charge in [-0.25, -0.2) is 0 Å². The molecule has 0 bridgehead atoms. The maximum Gasteiger partial charge on any atom is 0.269 e. The molecular weight excluding hydrogens is 306 g/mol. The van der Waals surface area contributed by atoms with Crippen LogP contribution in [0.25, 0.3) is 0 Å². The van der Waals surface area contributed by atoms with E-state index >= 15 is 0 Å². The van der Waals surface area contributed by atoms with Gasteiger partial charge in [-0.1, -0.05) is 32.9 Å². The lowest BCUT2D eigenvalue weighted by atomic mass is 9.92. The molecule has 1 atom stereocenters. The van der Waals surface area contributed by atoms with Gasteiger partial charge in [-0.15, -0.1) is 0 Å². The number of hydrogen-bond donors (Lipinski definition) is 3. The Balaban J connectivity index is 2.09. The smallest absolute Gasteiger partial charge is 0.269 e. The zero-order valence-corrected chi connectivity index (χ0v) is 14.6. The van der Waals surface area contributed by atoms with Crippen molar-refractivity contribution in [2.45, 2.75) is 38.6 Å². The molecule has 2 rings (SSSR count). The fourth-order valence-corrected chi connectivity index (χ4v) is 2.38. The molecule has 0 aliphatic heterocycles. The maximum absolute atomic E-state index is 12.5. The minimum absolute atomic E-state index is 0.140. The molecule has 24 heavy (non-hydrogen) atoms. The van der Waals surface area contributed by atoms with E-state index in [2.05, 4.69) is 10.4 Å². The molecule has 0 radical (unpaired) electrons. The monoisotopic (exact) mass is 331 g/mol. The number of aryl methyl sites for hydroxylation is 1. The average Bonchev–Trinajstić information content (AvgIpc) is 2.91. The van der Waals surface area contributed by atoms with E-state index < -0.39 is 6.04 Å². The highest BCUT2D eigenvalue weighted by atomic mass is 16.3. The van der Waals surface area contributed by atoms with Crippen LogP contribution in [-0.4, -0.2) is 38.5 Å². The second kappa shape index (κ2) is 7.05. The van der Waals surface area contributed by atoms with Gasteiger partial charge in [-0.2, -0.15) is 5.10 Å². The highest BCUT2D eigenvalue weighted by Gasteiger charge is 2.23. The Morgan fingerprint density at radius 3 is 2.42 bits per heavy atom. The first-order valence-corrected chi connectivity index (χ1v) is 7.95. The number of amides is 1. The summed E-state index contributed by atoms with van der Waals surface area (Å²) in [5.41, 5.74) is 2.09. The van der Waals surface area contributed by atoms with Gasteiger partial charge < -0.3 is 15.5 Å². The number of phenols is 1. The summed E-state index contributed by atoms with van der Waals surface area (Å²) < 4.78 is 1.56. The number of hydrogen-bond acceptors (Lipinski definition) is 4. The summed E-state index contributed by atoms with van der Waals surface area (Å²) in [6.07, 6.45) is 0.479. The van der Waals surface area contributed by atoms with Gasteiger partial charge >= 0.3 is 0 Å². The van der Waals surface area contributed by atoms with Crippen molar-refractivity contribution in [2.24, 2.45) is 7.05 Å². The Labute approximate surface area is 142 Å². The van der Waals surface area contributed by atoms with E-state index in [0.717, 1.165) is 11.3 Å². The summed E-state index contributed by atoms with van der Waals surface area (Å²) in [6.45, 7) is 5.95. The molecule has 6 heteroatoms. The Morgan fingerprint density at radius 2 is 1.92 bits per heavy atom. The average molecular weight is 331 g/mol. The van der Waals surface area contributed by atoms with Crippen LogP contribution >= 0.6 is 0 Å². The Bertz CT molecular complexity index is 699. The van der Waals surface area contributed by atoms with Crippen molar-refractivity contribution in [1.82, 2.24) is 15.1 Å². The Hall–Kier alpha value is -2.34. The van der Waals surface area contributed by atoms with E-state index in [0.29, 0.717) is 12.1 Å². The lowest BCUT2D eigenvalue weighted by molar-refractivity contribution is 0.0907. The molecule has 1 aromatic carbocycles. The minimum atomic E-state index is -0.407. The standard InChI is InChI=1S/C18H25N3O3/c1-18(2,3)16-10-15(21(4)20-16)17(24)19-13(11-22)9-12-5-7-14(23)8-6-12/h5-8,10,13,22-23H,9,11H2,1-4H3,(H,19,24)/t13-/m0/s1. The van der Waals surface area contributed by atoms with Crippen molar-refractivity contribution >= 4 is 5.91 Å². The lowest BCUT2D eigenvalue weighted by Gasteiger charge is -2.16. The quantitative estimate of drug-likeness (QED) is 0.779. The summed E-state index contributed by atoms with van der Waals surface area (Å²) in [4.78, 5) is 12.5. The molecule has 0 fully saturated rings. The van der Waals surface area contributed by atoms with Crippen molar-refractivity contribution in [3.8, 4) is 5.75 Å². The van der Waals surface area contributed by atoms with Gasteiger partial charge in [-0.3, -0.25) is 9.48 Å². The third-order valence-electron chi connectivity index (χ3n) is 3.85. The normalized spacial score (nSPS) is 12.9. The molecule has 3 N–H and O–H groups in total. The Morgan fingerprint density at radius 1 is 1.29 bits per heavy atom. The molecule has 0 aliphatic carbocycles. The van der Waals surface area contributed by atoms with Crippen LogP contribution < -0.4 is 5.32 Å². The number of aliphatic hydroxyl groups excluding tert-OH is 1. The summed E-state index contributed by atoms with van der Waals surface area (Å²) in [6, 6.07) is 8.09. The number of aromatic nitrogens is 2. The fraction of sp³-hybridized carbons (Fsp3) is 0.444. The molecule has 0 aliphatic rings. The SMILES string of the molecule is Cn1nc(C(C)(C)C)cc1C(=O)N[C@H](CO)Cc1ccc(O)cc1. The van der Waals surface area contributed by atoms with Crippen LogP contribution in [0.2, 0.25) is 0 Å². The van der Waals surface area contributed by atoms with Crippen LogP contribution in [0.1, 0.15) is 42.5 Å². The zero-order valence-electron chi connectivity index (χ0n) is 14.6. The highest BCUT2D eigenvalue weighted by Crippen LogP contribution is 2.21. The second-order valence-electron chi connectivity index (χ2n) is 7.01. The van der Waals surface area contributed by atoms with Crippen molar-refractivity contribution < 1.29 is 15.0 Å².